The first-order chi connectivity index (χ1) is 12.8. The van der Waals surface area contributed by atoms with Crippen molar-refractivity contribution in [1.82, 2.24) is 9.71 Å². The van der Waals surface area contributed by atoms with E-state index in [1.807, 2.05) is 35.7 Å². The lowest BCUT2D eigenvalue weighted by Gasteiger charge is -2.11. The molecule has 0 aliphatic heterocycles. The number of aromatic nitrogens is 1. The first-order valence-corrected chi connectivity index (χ1v) is 10.6. The second-order valence-corrected chi connectivity index (χ2v) is 8.59. The van der Waals surface area contributed by atoms with Crippen LogP contribution in [0.2, 0.25) is 0 Å². The molecule has 0 atom stereocenters. The van der Waals surface area contributed by atoms with Crippen LogP contribution < -0.4 is 10.0 Å². The smallest absolute Gasteiger partial charge is 0.241 e. The van der Waals surface area contributed by atoms with Crippen LogP contribution in [0.1, 0.15) is 18.2 Å². The van der Waals surface area contributed by atoms with Crippen molar-refractivity contribution in [3.05, 3.63) is 65.2 Å². The molecule has 2 N–H and O–H groups in total. The Morgan fingerprint density at radius 1 is 1.15 bits per heavy atom. The van der Waals surface area contributed by atoms with E-state index in [9.17, 15) is 13.2 Å². The maximum absolute atomic E-state index is 12.7. The molecule has 0 aliphatic rings. The lowest BCUT2D eigenvalue weighted by molar-refractivity contribution is -0.114. The van der Waals surface area contributed by atoms with Crippen molar-refractivity contribution in [2.45, 2.75) is 25.3 Å². The molecule has 27 heavy (non-hydrogen) atoms. The topological polar surface area (TPSA) is 88.2 Å². The fourth-order valence-electron chi connectivity index (χ4n) is 2.52. The Bertz CT molecular complexity index is 1060. The second kappa shape index (κ2) is 7.99. The molecule has 0 unspecified atom stereocenters. The molecule has 0 bridgehead atoms. The van der Waals surface area contributed by atoms with Crippen LogP contribution in [0.15, 0.2) is 58.8 Å². The number of nitrogens with one attached hydrogen (secondary N) is 2. The van der Waals surface area contributed by atoms with Gasteiger partial charge in [0.25, 0.3) is 0 Å². The highest BCUT2D eigenvalue weighted by Gasteiger charge is 2.18. The number of carbonyl (C=O) groups excluding carboxylic acids is 1. The van der Waals surface area contributed by atoms with Gasteiger partial charge >= 0.3 is 0 Å². The SMILES string of the molecule is CC(=O)Nc1ccc(C)c(S(=O)(=O)NCc2csc(-c3ccccc3)n2)c1. The van der Waals surface area contributed by atoms with Gasteiger partial charge in [0.05, 0.1) is 17.1 Å². The van der Waals surface area contributed by atoms with Crippen molar-refractivity contribution < 1.29 is 13.2 Å². The first-order valence-electron chi connectivity index (χ1n) is 8.23. The summed E-state index contributed by atoms with van der Waals surface area (Å²) in [5.74, 6) is -0.258. The van der Waals surface area contributed by atoms with E-state index in [-0.39, 0.29) is 17.3 Å². The van der Waals surface area contributed by atoms with Crippen LogP contribution in [0.5, 0.6) is 0 Å². The van der Waals surface area contributed by atoms with E-state index < -0.39 is 10.0 Å². The van der Waals surface area contributed by atoms with Gasteiger partial charge in [-0.3, -0.25) is 4.79 Å². The number of anilines is 1. The zero-order valence-corrected chi connectivity index (χ0v) is 16.5. The van der Waals surface area contributed by atoms with Gasteiger partial charge in [-0.1, -0.05) is 36.4 Å². The fourth-order valence-corrected chi connectivity index (χ4v) is 4.61. The Kier molecular flexibility index (Phi) is 5.69. The van der Waals surface area contributed by atoms with Crippen LogP contribution in [0.25, 0.3) is 10.6 Å². The monoisotopic (exact) mass is 401 g/mol. The van der Waals surface area contributed by atoms with E-state index in [1.165, 1.54) is 24.3 Å². The zero-order valence-electron chi connectivity index (χ0n) is 14.9. The van der Waals surface area contributed by atoms with E-state index in [4.69, 9.17) is 0 Å². The fraction of sp³-hybridized carbons (Fsp3) is 0.158. The minimum atomic E-state index is -3.74. The Labute approximate surface area is 162 Å². The van der Waals surface area contributed by atoms with E-state index >= 15 is 0 Å². The van der Waals surface area contributed by atoms with Crippen LogP contribution >= 0.6 is 11.3 Å². The number of carbonyl (C=O) groups is 1. The normalized spacial score (nSPS) is 11.3. The van der Waals surface area contributed by atoms with Crippen molar-refractivity contribution in [3.63, 3.8) is 0 Å². The molecule has 0 saturated carbocycles. The van der Waals surface area contributed by atoms with Crippen molar-refractivity contribution in [1.29, 1.82) is 0 Å². The Morgan fingerprint density at radius 3 is 2.59 bits per heavy atom. The van der Waals surface area contributed by atoms with Crippen molar-refractivity contribution in [2.24, 2.45) is 0 Å². The van der Waals surface area contributed by atoms with Gasteiger partial charge < -0.3 is 5.32 Å². The predicted molar refractivity (Wildman–Crippen MR) is 107 cm³/mol. The average molecular weight is 402 g/mol. The van der Waals surface area contributed by atoms with Crippen molar-refractivity contribution in [3.8, 4) is 10.6 Å². The number of aryl methyl sites for hydroxylation is 1. The molecule has 1 aromatic heterocycles. The summed E-state index contributed by atoms with van der Waals surface area (Å²) in [5, 5.41) is 5.28. The molecule has 140 valence electrons. The number of rotatable bonds is 6. The number of thiazole rings is 1. The molecule has 0 saturated heterocycles. The summed E-state index contributed by atoms with van der Waals surface area (Å²) < 4.78 is 28.0. The van der Waals surface area contributed by atoms with Gasteiger partial charge in [-0.05, 0) is 24.6 Å². The molecule has 0 radical (unpaired) electrons. The van der Waals surface area contributed by atoms with Crippen molar-refractivity contribution in [2.75, 3.05) is 5.32 Å². The van der Waals surface area contributed by atoms with Crippen molar-refractivity contribution >= 4 is 33.0 Å². The number of sulfonamides is 1. The Hall–Kier alpha value is -2.55. The molecule has 8 heteroatoms. The van der Waals surface area contributed by atoms with Crippen LogP contribution in [0.4, 0.5) is 5.69 Å². The van der Waals surface area contributed by atoms with E-state index in [0.717, 1.165) is 10.6 Å². The van der Waals surface area contributed by atoms with Crippen LogP contribution in [-0.4, -0.2) is 19.3 Å². The van der Waals surface area contributed by atoms with E-state index in [2.05, 4.69) is 15.0 Å². The van der Waals surface area contributed by atoms with Crippen LogP contribution in [0, 0.1) is 6.92 Å². The highest BCUT2D eigenvalue weighted by Crippen LogP contribution is 2.24. The minimum absolute atomic E-state index is 0.0927. The highest BCUT2D eigenvalue weighted by molar-refractivity contribution is 7.89. The largest absolute Gasteiger partial charge is 0.326 e. The number of nitrogens with zero attached hydrogens (tertiary/aromatic N) is 1. The third-order valence-corrected chi connectivity index (χ3v) is 6.30. The molecule has 2 aromatic carbocycles. The van der Waals surface area contributed by atoms with Gasteiger partial charge in [0.1, 0.15) is 5.01 Å². The van der Waals surface area contributed by atoms with Gasteiger partial charge in [0, 0.05) is 23.6 Å². The third-order valence-electron chi connectivity index (χ3n) is 3.81. The van der Waals surface area contributed by atoms with Gasteiger partial charge in [-0.2, -0.15) is 0 Å². The van der Waals surface area contributed by atoms with Crippen LogP contribution in [0.3, 0.4) is 0 Å². The highest BCUT2D eigenvalue weighted by atomic mass is 32.2. The summed E-state index contributed by atoms with van der Waals surface area (Å²) in [6.45, 7) is 3.18. The summed E-state index contributed by atoms with van der Waals surface area (Å²) in [6.07, 6.45) is 0. The van der Waals surface area contributed by atoms with E-state index in [1.54, 1.807) is 19.1 Å². The maximum Gasteiger partial charge on any atom is 0.241 e. The number of hydrogen-bond donors (Lipinski definition) is 2. The molecule has 6 nitrogen and oxygen atoms in total. The molecular weight excluding hydrogens is 382 g/mol. The van der Waals surface area contributed by atoms with Gasteiger partial charge in [0.2, 0.25) is 15.9 Å². The maximum atomic E-state index is 12.7. The number of hydrogen-bond acceptors (Lipinski definition) is 5. The summed E-state index contributed by atoms with van der Waals surface area (Å²) in [5.41, 5.74) is 2.68. The molecule has 1 heterocycles. The number of benzene rings is 2. The minimum Gasteiger partial charge on any atom is -0.326 e. The summed E-state index contributed by atoms with van der Waals surface area (Å²) in [4.78, 5) is 15.8. The third kappa shape index (κ3) is 4.79. The Morgan fingerprint density at radius 2 is 1.89 bits per heavy atom. The Balaban J connectivity index is 1.76. The standard InChI is InChI=1S/C19H19N3O3S2/c1-13-8-9-16(21-14(2)23)10-18(13)27(24,25)20-11-17-12-26-19(22-17)15-6-4-3-5-7-15/h3-10,12,20H,11H2,1-2H3,(H,21,23). The van der Waals surface area contributed by atoms with Gasteiger partial charge in [-0.15, -0.1) is 11.3 Å². The lowest BCUT2D eigenvalue weighted by atomic mass is 10.2. The van der Waals surface area contributed by atoms with Crippen LogP contribution in [-0.2, 0) is 21.4 Å². The molecule has 0 fully saturated rings. The second-order valence-electron chi connectivity index (χ2n) is 6.00. The molecule has 3 aromatic rings. The lowest BCUT2D eigenvalue weighted by Crippen LogP contribution is -2.24. The summed E-state index contributed by atoms with van der Waals surface area (Å²) >= 11 is 1.47. The summed E-state index contributed by atoms with van der Waals surface area (Å²) in [6, 6.07) is 14.5. The molecular formula is C19H19N3O3S2. The summed E-state index contributed by atoms with van der Waals surface area (Å²) in [7, 11) is -3.74. The van der Waals surface area contributed by atoms with Gasteiger partial charge in [0.15, 0.2) is 0 Å². The van der Waals surface area contributed by atoms with Gasteiger partial charge in [-0.25, -0.2) is 18.1 Å². The zero-order chi connectivity index (χ0) is 19.4. The predicted octanol–water partition coefficient (Wildman–Crippen LogP) is 3.56. The first kappa shape index (κ1) is 19.2. The quantitative estimate of drug-likeness (QED) is 0.661. The molecule has 1 amide bonds. The average Bonchev–Trinajstić information content (AvgIpc) is 3.11. The molecule has 3 rings (SSSR count). The molecule has 0 aliphatic carbocycles. The van der Waals surface area contributed by atoms with E-state index in [0.29, 0.717) is 16.9 Å². The number of amides is 1. The molecule has 0 spiro atoms.